The van der Waals surface area contributed by atoms with Crippen LogP contribution >= 0.6 is 15.9 Å². The fourth-order valence-electron chi connectivity index (χ4n) is 1.08. The van der Waals surface area contributed by atoms with Gasteiger partial charge in [-0.3, -0.25) is 0 Å². The Morgan fingerprint density at radius 1 is 1.62 bits per heavy atom. The van der Waals surface area contributed by atoms with Crippen molar-refractivity contribution >= 4 is 35.2 Å². The van der Waals surface area contributed by atoms with Gasteiger partial charge in [0.05, 0.1) is 12.7 Å². The Bertz CT molecular complexity index is 325. The number of benzene rings is 1. The molecule has 0 aliphatic heterocycles. The van der Waals surface area contributed by atoms with Crippen LogP contribution in [0.4, 0.5) is 0 Å². The third kappa shape index (κ3) is 2.34. The molecule has 13 heavy (non-hydrogen) atoms. The third-order valence-corrected chi connectivity index (χ3v) is 2.51. The Hall–Kier alpha value is -0.765. The molecule has 0 heterocycles. The van der Waals surface area contributed by atoms with E-state index in [9.17, 15) is 4.79 Å². The van der Waals surface area contributed by atoms with E-state index in [1.807, 2.05) is 26.0 Å². The molecule has 68 valence electrons. The van der Waals surface area contributed by atoms with Gasteiger partial charge in [-0.25, -0.2) is 4.79 Å². The minimum Gasteiger partial charge on any atom is -0.465 e. The quantitative estimate of drug-likeness (QED) is 0.431. The summed E-state index contributed by atoms with van der Waals surface area (Å²) in [6, 6.07) is 5.75. The molecule has 0 amide bonds. The highest BCUT2D eigenvalue weighted by Gasteiger charge is 2.08. The van der Waals surface area contributed by atoms with Crippen molar-refractivity contribution in [3.63, 3.8) is 0 Å². The van der Waals surface area contributed by atoms with E-state index in [1.54, 1.807) is 0 Å². The SMILES string of the molecule is Bc1ccc(CBr)cc1C(=O)OC. The maximum atomic E-state index is 11.3. The van der Waals surface area contributed by atoms with E-state index < -0.39 is 0 Å². The number of carbonyl (C=O) groups is 1. The smallest absolute Gasteiger partial charge is 0.337 e. The number of rotatable bonds is 2. The molecule has 0 aromatic heterocycles. The molecule has 1 rings (SSSR count). The molecule has 0 N–H and O–H groups in total. The summed E-state index contributed by atoms with van der Waals surface area (Å²) >= 11 is 3.34. The molecular weight excluding hydrogens is 231 g/mol. The van der Waals surface area contributed by atoms with Gasteiger partial charge in [0.1, 0.15) is 7.85 Å². The van der Waals surface area contributed by atoms with E-state index in [0.29, 0.717) is 5.56 Å². The van der Waals surface area contributed by atoms with E-state index in [4.69, 9.17) is 0 Å². The molecule has 0 atom stereocenters. The van der Waals surface area contributed by atoms with Crippen LogP contribution in [0.2, 0.25) is 0 Å². The van der Waals surface area contributed by atoms with Crippen LogP contribution < -0.4 is 5.46 Å². The van der Waals surface area contributed by atoms with Gasteiger partial charge in [0, 0.05) is 5.33 Å². The van der Waals surface area contributed by atoms with Gasteiger partial charge in [-0.1, -0.05) is 33.5 Å². The van der Waals surface area contributed by atoms with E-state index in [-0.39, 0.29) is 5.97 Å². The molecule has 0 spiro atoms. The fraction of sp³-hybridized carbons (Fsp3) is 0.222. The lowest BCUT2D eigenvalue weighted by Gasteiger charge is -2.05. The van der Waals surface area contributed by atoms with Crippen molar-refractivity contribution < 1.29 is 9.53 Å². The van der Waals surface area contributed by atoms with E-state index in [0.717, 1.165) is 16.4 Å². The van der Waals surface area contributed by atoms with Crippen molar-refractivity contribution in [1.82, 2.24) is 0 Å². The van der Waals surface area contributed by atoms with Gasteiger partial charge in [-0.05, 0) is 11.6 Å². The first-order valence-corrected chi connectivity index (χ1v) is 5.05. The molecule has 0 saturated heterocycles. The Labute approximate surface area is 86.8 Å². The largest absolute Gasteiger partial charge is 0.465 e. The van der Waals surface area contributed by atoms with Crippen molar-refractivity contribution in [2.45, 2.75) is 5.33 Å². The number of halogens is 1. The van der Waals surface area contributed by atoms with Gasteiger partial charge in [-0.2, -0.15) is 0 Å². The molecule has 2 nitrogen and oxygen atoms in total. The summed E-state index contributed by atoms with van der Waals surface area (Å²) in [5.74, 6) is -0.277. The number of hydrogen-bond donors (Lipinski definition) is 0. The van der Waals surface area contributed by atoms with Gasteiger partial charge in [0.15, 0.2) is 0 Å². The highest BCUT2D eigenvalue weighted by Crippen LogP contribution is 2.07. The molecule has 0 saturated carbocycles. The summed E-state index contributed by atoms with van der Waals surface area (Å²) < 4.78 is 4.66. The first-order valence-electron chi connectivity index (χ1n) is 3.93. The number of esters is 1. The number of carbonyl (C=O) groups excluding carboxylic acids is 1. The molecule has 0 fully saturated rings. The van der Waals surface area contributed by atoms with Crippen molar-refractivity contribution in [3.8, 4) is 0 Å². The van der Waals surface area contributed by atoms with Crippen molar-refractivity contribution in [2.24, 2.45) is 0 Å². The predicted molar refractivity (Wildman–Crippen MR) is 58.6 cm³/mol. The molecule has 0 aliphatic carbocycles. The van der Waals surface area contributed by atoms with E-state index >= 15 is 0 Å². The standard InChI is InChI=1S/C9H10BBrO2/c1-13-9(12)7-4-6(5-11)2-3-8(7)10/h2-4H,5,10H2,1H3. The van der Waals surface area contributed by atoms with Crippen LogP contribution in [0.3, 0.4) is 0 Å². The molecule has 4 heteroatoms. The number of alkyl halides is 1. The number of methoxy groups -OCH3 is 1. The Kier molecular flexibility index (Phi) is 3.54. The van der Waals surface area contributed by atoms with Gasteiger partial charge < -0.3 is 4.74 Å². The second-order valence-corrected chi connectivity index (χ2v) is 3.34. The fourth-order valence-corrected chi connectivity index (χ4v) is 1.43. The van der Waals surface area contributed by atoms with Crippen LogP contribution in [0.1, 0.15) is 15.9 Å². The second kappa shape index (κ2) is 4.47. The van der Waals surface area contributed by atoms with Crippen LogP contribution in [-0.4, -0.2) is 20.9 Å². The summed E-state index contributed by atoms with van der Waals surface area (Å²) in [5, 5.41) is 0.747. The number of hydrogen-bond acceptors (Lipinski definition) is 2. The van der Waals surface area contributed by atoms with Gasteiger partial charge >= 0.3 is 5.97 Å². The topological polar surface area (TPSA) is 26.3 Å². The van der Waals surface area contributed by atoms with Crippen molar-refractivity contribution in [3.05, 3.63) is 29.3 Å². The molecule has 1 aromatic rings. The lowest BCUT2D eigenvalue weighted by molar-refractivity contribution is 0.0602. The summed E-state index contributed by atoms with van der Waals surface area (Å²) in [5.41, 5.74) is 2.65. The molecule has 0 unspecified atom stereocenters. The highest BCUT2D eigenvalue weighted by atomic mass is 79.9. The zero-order valence-electron chi connectivity index (χ0n) is 7.63. The van der Waals surface area contributed by atoms with E-state index in [2.05, 4.69) is 20.7 Å². The van der Waals surface area contributed by atoms with Crippen molar-refractivity contribution in [1.29, 1.82) is 0 Å². The van der Waals surface area contributed by atoms with Crippen LogP contribution in [-0.2, 0) is 10.1 Å². The second-order valence-electron chi connectivity index (χ2n) is 2.77. The maximum Gasteiger partial charge on any atom is 0.337 e. The van der Waals surface area contributed by atoms with Gasteiger partial charge in [0.25, 0.3) is 0 Å². The van der Waals surface area contributed by atoms with Gasteiger partial charge in [-0.15, -0.1) is 0 Å². The van der Waals surface area contributed by atoms with Crippen LogP contribution in [0, 0.1) is 0 Å². The predicted octanol–water partition coefficient (Wildman–Crippen LogP) is 0.627. The average molecular weight is 241 g/mol. The lowest BCUT2D eigenvalue weighted by atomic mass is 9.89. The normalized spacial score (nSPS) is 9.69. The lowest BCUT2D eigenvalue weighted by Crippen LogP contribution is -2.17. The zero-order chi connectivity index (χ0) is 9.84. The molecule has 1 aromatic carbocycles. The van der Waals surface area contributed by atoms with Crippen LogP contribution in [0.5, 0.6) is 0 Å². The molecule has 0 aliphatic rings. The molecule has 0 bridgehead atoms. The third-order valence-electron chi connectivity index (χ3n) is 1.86. The number of ether oxygens (including phenoxy) is 1. The Morgan fingerprint density at radius 3 is 2.85 bits per heavy atom. The van der Waals surface area contributed by atoms with E-state index in [1.165, 1.54) is 7.11 Å². The zero-order valence-corrected chi connectivity index (χ0v) is 9.22. The summed E-state index contributed by atoms with van der Waals surface area (Å²) in [6.45, 7) is 0. The molecule has 0 radical (unpaired) electrons. The average Bonchev–Trinajstić information content (AvgIpc) is 2.17. The van der Waals surface area contributed by atoms with Crippen LogP contribution in [0.25, 0.3) is 0 Å². The van der Waals surface area contributed by atoms with Gasteiger partial charge in [0.2, 0.25) is 0 Å². The summed E-state index contributed by atoms with van der Waals surface area (Å²) in [7, 11) is 3.28. The monoisotopic (exact) mass is 240 g/mol. The summed E-state index contributed by atoms with van der Waals surface area (Å²) in [6.07, 6.45) is 0. The first-order chi connectivity index (χ1) is 6.19. The first kappa shape index (κ1) is 10.3. The van der Waals surface area contributed by atoms with Crippen LogP contribution in [0.15, 0.2) is 18.2 Å². The van der Waals surface area contributed by atoms with Crippen molar-refractivity contribution in [2.75, 3.05) is 7.11 Å². The maximum absolute atomic E-state index is 11.3. The molecular formula is C9H10BBrO2. The summed E-state index contributed by atoms with van der Waals surface area (Å²) in [4.78, 5) is 11.3. The Morgan fingerprint density at radius 2 is 2.31 bits per heavy atom. The highest BCUT2D eigenvalue weighted by molar-refractivity contribution is 9.08. The Balaban J connectivity index is 3.11. The minimum atomic E-state index is -0.277. The minimum absolute atomic E-state index is 0.277.